The van der Waals surface area contributed by atoms with Crippen molar-refractivity contribution in [2.24, 2.45) is 0 Å². The minimum Gasteiger partial charge on any atom is -0.358 e. The molecule has 0 aliphatic rings. The van der Waals surface area contributed by atoms with Gasteiger partial charge in [-0.25, -0.2) is 13.2 Å². The van der Waals surface area contributed by atoms with E-state index in [-0.39, 0.29) is 12.3 Å². The Kier molecular flexibility index (Phi) is 4.99. The summed E-state index contributed by atoms with van der Waals surface area (Å²) in [4.78, 5) is 15.3. The summed E-state index contributed by atoms with van der Waals surface area (Å²) in [5, 5.41) is 5.95. The van der Waals surface area contributed by atoms with Gasteiger partial charge < -0.3 is 15.6 Å². The third kappa shape index (κ3) is 3.88. The SMILES string of the molecule is Cc1ccc(NC(=O)NCCS(=O)(=O)c2c(C)[nH]c3ccccc23)cc1. The van der Waals surface area contributed by atoms with Crippen LogP contribution in [-0.4, -0.2) is 31.7 Å². The first kappa shape index (κ1) is 18.0. The summed E-state index contributed by atoms with van der Waals surface area (Å²) in [5.41, 5.74) is 3.14. The molecule has 1 aromatic heterocycles. The van der Waals surface area contributed by atoms with Crippen LogP contribution in [0.5, 0.6) is 0 Å². The number of H-pyrrole nitrogens is 1. The second-order valence-corrected chi connectivity index (χ2v) is 8.24. The minimum absolute atomic E-state index is 0.0268. The normalized spacial score (nSPS) is 11.5. The van der Waals surface area contributed by atoms with Crippen LogP contribution < -0.4 is 10.6 Å². The number of aromatic nitrogens is 1. The van der Waals surface area contributed by atoms with Crippen LogP contribution in [0.15, 0.2) is 53.4 Å². The smallest absolute Gasteiger partial charge is 0.319 e. The van der Waals surface area contributed by atoms with Gasteiger partial charge in [0.1, 0.15) is 0 Å². The lowest BCUT2D eigenvalue weighted by molar-refractivity contribution is 0.252. The summed E-state index contributed by atoms with van der Waals surface area (Å²) in [5.74, 6) is -0.170. The quantitative estimate of drug-likeness (QED) is 0.642. The molecule has 2 amide bonds. The lowest BCUT2D eigenvalue weighted by Crippen LogP contribution is -2.32. The number of para-hydroxylation sites is 1. The summed E-state index contributed by atoms with van der Waals surface area (Å²) in [6.45, 7) is 3.73. The molecule has 0 aliphatic heterocycles. The minimum atomic E-state index is -3.52. The predicted octanol–water partition coefficient (Wildman–Crippen LogP) is 3.38. The summed E-state index contributed by atoms with van der Waals surface area (Å²) in [6.07, 6.45) is 0. The van der Waals surface area contributed by atoms with E-state index in [1.165, 1.54) is 0 Å². The molecule has 2 aromatic carbocycles. The number of urea groups is 1. The fourth-order valence-electron chi connectivity index (χ4n) is 2.86. The van der Waals surface area contributed by atoms with Gasteiger partial charge >= 0.3 is 6.03 Å². The number of amides is 2. The van der Waals surface area contributed by atoms with E-state index >= 15 is 0 Å². The van der Waals surface area contributed by atoms with Crippen molar-refractivity contribution >= 4 is 32.5 Å². The Balaban J connectivity index is 1.64. The number of rotatable bonds is 5. The second-order valence-electron chi connectivity index (χ2n) is 6.19. The van der Waals surface area contributed by atoms with E-state index in [9.17, 15) is 13.2 Å². The van der Waals surface area contributed by atoms with Crippen molar-refractivity contribution in [3.05, 3.63) is 59.8 Å². The maximum atomic E-state index is 12.7. The molecule has 7 heteroatoms. The lowest BCUT2D eigenvalue weighted by Gasteiger charge is -2.09. The highest BCUT2D eigenvalue weighted by molar-refractivity contribution is 7.91. The maximum absolute atomic E-state index is 12.7. The molecule has 26 heavy (non-hydrogen) atoms. The van der Waals surface area contributed by atoms with Gasteiger partial charge in [-0.2, -0.15) is 0 Å². The number of aryl methyl sites for hydroxylation is 2. The largest absolute Gasteiger partial charge is 0.358 e. The molecule has 0 saturated carbocycles. The van der Waals surface area contributed by atoms with Crippen LogP contribution in [0.3, 0.4) is 0 Å². The van der Waals surface area contributed by atoms with Crippen LogP contribution in [0.25, 0.3) is 10.9 Å². The fourth-order valence-corrected chi connectivity index (χ4v) is 4.47. The van der Waals surface area contributed by atoms with Crippen molar-refractivity contribution in [3.63, 3.8) is 0 Å². The van der Waals surface area contributed by atoms with Gasteiger partial charge in [-0.3, -0.25) is 0 Å². The maximum Gasteiger partial charge on any atom is 0.319 e. The van der Waals surface area contributed by atoms with Crippen molar-refractivity contribution in [2.45, 2.75) is 18.7 Å². The molecule has 0 atom stereocenters. The third-order valence-electron chi connectivity index (χ3n) is 4.11. The number of fused-ring (bicyclic) bond motifs is 1. The molecule has 0 bridgehead atoms. The fraction of sp³-hybridized carbons (Fsp3) is 0.211. The Hall–Kier alpha value is -2.80. The zero-order chi connectivity index (χ0) is 18.7. The van der Waals surface area contributed by atoms with Gasteiger partial charge in [0.05, 0.1) is 10.6 Å². The molecule has 0 fully saturated rings. The Morgan fingerprint density at radius 3 is 2.46 bits per heavy atom. The van der Waals surface area contributed by atoms with Crippen molar-refractivity contribution in [3.8, 4) is 0 Å². The molecule has 0 saturated heterocycles. The number of carbonyl (C=O) groups is 1. The molecule has 6 nitrogen and oxygen atoms in total. The molecule has 3 aromatic rings. The number of hydrogen-bond acceptors (Lipinski definition) is 3. The number of anilines is 1. The van der Waals surface area contributed by atoms with Gasteiger partial charge in [-0.05, 0) is 32.0 Å². The Labute approximate surface area is 152 Å². The lowest BCUT2D eigenvalue weighted by atomic mass is 10.2. The highest BCUT2D eigenvalue weighted by Gasteiger charge is 2.22. The van der Waals surface area contributed by atoms with Gasteiger partial charge in [-0.15, -0.1) is 0 Å². The van der Waals surface area contributed by atoms with Crippen LogP contribution in [0.1, 0.15) is 11.3 Å². The number of benzene rings is 2. The zero-order valence-corrected chi connectivity index (χ0v) is 15.5. The highest BCUT2D eigenvalue weighted by Crippen LogP contribution is 2.27. The topological polar surface area (TPSA) is 91.1 Å². The standard InChI is InChI=1S/C19H21N3O3S/c1-13-7-9-15(10-8-13)22-19(23)20-11-12-26(24,25)18-14(2)21-17-6-4-3-5-16(17)18/h3-10,21H,11-12H2,1-2H3,(H2,20,22,23). The van der Waals surface area contributed by atoms with E-state index in [0.29, 0.717) is 21.7 Å². The van der Waals surface area contributed by atoms with Crippen molar-refractivity contribution in [2.75, 3.05) is 17.6 Å². The van der Waals surface area contributed by atoms with Gasteiger partial charge in [0, 0.05) is 28.8 Å². The molecule has 1 heterocycles. The van der Waals surface area contributed by atoms with Crippen LogP contribution in [0.2, 0.25) is 0 Å². The molecule has 3 rings (SSSR count). The molecule has 0 radical (unpaired) electrons. The van der Waals surface area contributed by atoms with E-state index in [4.69, 9.17) is 0 Å². The Morgan fingerprint density at radius 2 is 1.73 bits per heavy atom. The van der Waals surface area contributed by atoms with Crippen LogP contribution in [0, 0.1) is 13.8 Å². The van der Waals surface area contributed by atoms with E-state index in [1.807, 2.05) is 37.3 Å². The first-order chi connectivity index (χ1) is 12.4. The number of aromatic amines is 1. The molecule has 0 unspecified atom stereocenters. The molecule has 0 spiro atoms. The summed E-state index contributed by atoms with van der Waals surface area (Å²) >= 11 is 0. The first-order valence-corrected chi connectivity index (χ1v) is 9.93. The molecular formula is C19H21N3O3S. The van der Waals surface area contributed by atoms with E-state index in [0.717, 1.165) is 11.1 Å². The number of nitrogens with one attached hydrogen (secondary N) is 3. The van der Waals surface area contributed by atoms with Crippen molar-refractivity contribution in [1.82, 2.24) is 10.3 Å². The van der Waals surface area contributed by atoms with Gasteiger partial charge in [0.15, 0.2) is 9.84 Å². The molecule has 0 aliphatic carbocycles. The van der Waals surface area contributed by atoms with Crippen molar-refractivity contribution < 1.29 is 13.2 Å². The second kappa shape index (κ2) is 7.21. The average Bonchev–Trinajstić information content (AvgIpc) is 2.93. The van der Waals surface area contributed by atoms with Crippen molar-refractivity contribution in [1.29, 1.82) is 0 Å². The summed E-state index contributed by atoms with van der Waals surface area (Å²) in [6, 6.07) is 14.2. The van der Waals surface area contributed by atoms with Gasteiger partial charge in [0.25, 0.3) is 0 Å². The zero-order valence-electron chi connectivity index (χ0n) is 14.7. The van der Waals surface area contributed by atoms with Gasteiger partial charge in [-0.1, -0.05) is 35.9 Å². The highest BCUT2D eigenvalue weighted by atomic mass is 32.2. The monoisotopic (exact) mass is 371 g/mol. The molecule has 136 valence electrons. The van der Waals surface area contributed by atoms with Crippen LogP contribution >= 0.6 is 0 Å². The van der Waals surface area contributed by atoms with Crippen LogP contribution in [0.4, 0.5) is 10.5 Å². The first-order valence-electron chi connectivity index (χ1n) is 8.28. The van der Waals surface area contributed by atoms with Crippen LogP contribution in [-0.2, 0) is 9.84 Å². The molecule has 3 N–H and O–H groups in total. The van der Waals surface area contributed by atoms with E-state index < -0.39 is 15.9 Å². The van der Waals surface area contributed by atoms with E-state index in [2.05, 4.69) is 15.6 Å². The Morgan fingerprint density at radius 1 is 1.04 bits per heavy atom. The number of sulfone groups is 1. The Bertz CT molecular complexity index is 1040. The van der Waals surface area contributed by atoms with E-state index in [1.54, 1.807) is 25.1 Å². The third-order valence-corrected chi connectivity index (χ3v) is 6.00. The summed E-state index contributed by atoms with van der Waals surface area (Å²) in [7, 11) is -3.52. The van der Waals surface area contributed by atoms with Gasteiger partial charge in [0.2, 0.25) is 0 Å². The molecular weight excluding hydrogens is 350 g/mol. The average molecular weight is 371 g/mol. The number of hydrogen-bond donors (Lipinski definition) is 3. The predicted molar refractivity (Wildman–Crippen MR) is 103 cm³/mol. The number of carbonyl (C=O) groups excluding carboxylic acids is 1. The summed E-state index contributed by atoms with van der Waals surface area (Å²) < 4.78 is 25.4.